The van der Waals surface area contributed by atoms with Gasteiger partial charge in [0.25, 0.3) is 5.91 Å². The van der Waals surface area contributed by atoms with Crippen molar-refractivity contribution >= 4 is 23.6 Å². The van der Waals surface area contributed by atoms with Crippen molar-refractivity contribution in [3.63, 3.8) is 0 Å². The van der Waals surface area contributed by atoms with Crippen LogP contribution in [-0.2, 0) is 11.3 Å². The van der Waals surface area contributed by atoms with Crippen molar-refractivity contribution in [2.24, 2.45) is 5.92 Å². The SMILES string of the molecule is CCC[C@@H]1CC[C@H](CC2CCCCC2)N1Cc1ccc(C(=O)N[C@@H](CCSC)C(=O)O)c(-c2ccccc2C)c1. The van der Waals surface area contributed by atoms with Gasteiger partial charge in [0.15, 0.2) is 0 Å². The van der Waals surface area contributed by atoms with Crippen LogP contribution in [0.1, 0.15) is 99.0 Å². The van der Waals surface area contributed by atoms with Crippen molar-refractivity contribution < 1.29 is 14.7 Å². The summed E-state index contributed by atoms with van der Waals surface area (Å²) >= 11 is 1.58. The molecule has 5 nitrogen and oxygen atoms in total. The van der Waals surface area contributed by atoms with Crippen LogP contribution in [0.25, 0.3) is 11.1 Å². The average molecular weight is 565 g/mol. The lowest BCUT2D eigenvalue weighted by Gasteiger charge is -2.34. The van der Waals surface area contributed by atoms with Gasteiger partial charge in [0.05, 0.1) is 0 Å². The van der Waals surface area contributed by atoms with E-state index < -0.39 is 12.0 Å². The van der Waals surface area contributed by atoms with E-state index in [1.165, 1.54) is 69.8 Å². The maximum absolute atomic E-state index is 13.5. The number of carbonyl (C=O) groups is 2. The highest BCUT2D eigenvalue weighted by atomic mass is 32.2. The van der Waals surface area contributed by atoms with Crippen molar-refractivity contribution in [3.8, 4) is 11.1 Å². The maximum Gasteiger partial charge on any atom is 0.326 e. The van der Waals surface area contributed by atoms with Gasteiger partial charge in [-0.3, -0.25) is 9.69 Å². The number of benzene rings is 2. The fraction of sp³-hybridized carbons (Fsp3) is 0.588. The molecule has 0 spiro atoms. The highest BCUT2D eigenvalue weighted by Gasteiger charge is 2.34. The first-order chi connectivity index (χ1) is 19.4. The molecule has 2 fully saturated rings. The predicted molar refractivity (Wildman–Crippen MR) is 167 cm³/mol. The lowest BCUT2D eigenvalue weighted by Crippen LogP contribution is -2.41. The molecule has 40 heavy (non-hydrogen) atoms. The summed E-state index contributed by atoms with van der Waals surface area (Å²) < 4.78 is 0. The number of rotatable bonds is 13. The van der Waals surface area contributed by atoms with Crippen LogP contribution < -0.4 is 5.32 Å². The molecule has 1 saturated heterocycles. The van der Waals surface area contributed by atoms with Crippen molar-refractivity contribution in [3.05, 3.63) is 59.2 Å². The summed E-state index contributed by atoms with van der Waals surface area (Å²) in [5.74, 6) is 0.232. The molecule has 3 atom stereocenters. The Kier molecular flexibility index (Phi) is 11.5. The number of carbonyl (C=O) groups excluding carboxylic acids is 1. The second kappa shape index (κ2) is 15.1. The standard InChI is InChI=1S/C34H48N2O3S/c1-4-10-27-16-17-28(21-25-12-6-5-7-13-25)36(27)23-26-15-18-30(31(22-26)29-14-9-8-11-24(29)2)33(37)35-32(34(38)39)19-20-40-3/h8-9,11,14-15,18,22,25,27-28,32H,4-7,10,12-13,16-17,19-21,23H2,1-3H3,(H,35,37)(H,38,39)/t27-,28-,32+/m1/s1. The molecule has 0 aromatic heterocycles. The molecular formula is C34H48N2O3S. The lowest BCUT2D eigenvalue weighted by atomic mass is 9.84. The summed E-state index contributed by atoms with van der Waals surface area (Å²) in [4.78, 5) is 28.1. The highest BCUT2D eigenvalue weighted by molar-refractivity contribution is 7.98. The van der Waals surface area contributed by atoms with E-state index in [4.69, 9.17) is 0 Å². The predicted octanol–water partition coefficient (Wildman–Crippen LogP) is 7.70. The molecule has 0 radical (unpaired) electrons. The number of thioether (sulfide) groups is 1. The zero-order valence-electron chi connectivity index (χ0n) is 24.7. The Bertz CT molecular complexity index is 1130. The number of hydrogen-bond donors (Lipinski definition) is 2. The average Bonchev–Trinajstić information content (AvgIpc) is 3.32. The van der Waals surface area contributed by atoms with Gasteiger partial charge in [0.1, 0.15) is 6.04 Å². The van der Waals surface area contributed by atoms with E-state index in [0.717, 1.165) is 29.2 Å². The molecule has 1 aliphatic heterocycles. The van der Waals surface area contributed by atoms with Gasteiger partial charge in [-0.25, -0.2) is 4.79 Å². The Hall–Kier alpha value is -2.31. The molecule has 2 aromatic carbocycles. The molecule has 1 heterocycles. The van der Waals surface area contributed by atoms with E-state index in [2.05, 4.69) is 48.3 Å². The number of aryl methyl sites for hydroxylation is 1. The van der Waals surface area contributed by atoms with Crippen LogP contribution >= 0.6 is 11.8 Å². The molecule has 4 rings (SSSR count). The molecule has 1 saturated carbocycles. The Morgan fingerprint density at radius 1 is 1.02 bits per heavy atom. The molecule has 218 valence electrons. The number of carboxylic acids is 1. The van der Waals surface area contributed by atoms with E-state index in [1.54, 1.807) is 11.8 Å². The Morgan fingerprint density at radius 3 is 2.48 bits per heavy atom. The van der Waals surface area contributed by atoms with Crippen LogP contribution in [-0.4, -0.2) is 52.0 Å². The van der Waals surface area contributed by atoms with Gasteiger partial charge in [-0.05, 0) is 91.3 Å². The molecule has 0 unspecified atom stereocenters. The quantitative estimate of drug-likeness (QED) is 0.261. The summed E-state index contributed by atoms with van der Waals surface area (Å²) in [6, 6.07) is 14.7. The molecule has 2 aliphatic rings. The first kappa shape index (κ1) is 30.6. The van der Waals surface area contributed by atoms with Gasteiger partial charge >= 0.3 is 5.97 Å². The third-order valence-electron chi connectivity index (χ3n) is 9.07. The third-order valence-corrected chi connectivity index (χ3v) is 9.71. The minimum Gasteiger partial charge on any atom is -0.480 e. The number of amides is 1. The topological polar surface area (TPSA) is 69.6 Å². The molecule has 2 aromatic rings. The second-order valence-corrected chi connectivity index (χ2v) is 12.9. The van der Waals surface area contributed by atoms with E-state index >= 15 is 0 Å². The van der Waals surface area contributed by atoms with Crippen molar-refractivity contribution in [1.29, 1.82) is 0 Å². The zero-order chi connectivity index (χ0) is 28.5. The largest absolute Gasteiger partial charge is 0.480 e. The first-order valence-corrected chi connectivity index (χ1v) is 16.8. The number of carboxylic acid groups (broad SMARTS) is 1. The molecule has 6 heteroatoms. The van der Waals surface area contributed by atoms with E-state index in [9.17, 15) is 14.7 Å². The smallest absolute Gasteiger partial charge is 0.326 e. The van der Waals surface area contributed by atoms with Crippen LogP contribution in [0.15, 0.2) is 42.5 Å². The number of aliphatic carboxylic acids is 1. The van der Waals surface area contributed by atoms with Crippen molar-refractivity contribution in [1.82, 2.24) is 10.2 Å². The van der Waals surface area contributed by atoms with E-state index in [0.29, 0.717) is 29.8 Å². The maximum atomic E-state index is 13.5. The minimum absolute atomic E-state index is 0.321. The van der Waals surface area contributed by atoms with Gasteiger partial charge in [-0.15, -0.1) is 0 Å². The normalized spacial score (nSPS) is 20.9. The molecule has 1 amide bonds. The fourth-order valence-electron chi connectivity index (χ4n) is 6.90. The number of nitrogens with zero attached hydrogens (tertiary/aromatic N) is 1. The van der Waals surface area contributed by atoms with Crippen molar-refractivity contribution in [2.45, 2.75) is 109 Å². The van der Waals surface area contributed by atoms with Crippen LogP contribution in [0.3, 0.4) is 0 Å². The zero-order valence-corrected chi connectivity index (χ0v) is 25.5. The van der Waals surface area contributed by atoms with Crippen LogP contribution in [0.4, 0.5) is 0 Å². The summed E-state index contributed by atoms with van der Waals surface area (Å²) in [5.41, 5.74) is 4.78. The number of hydrogen-bond acceptors (Lipinski definition) is 4. The van der Waals surface area contributed by atoms with Gasteiger partial charge in [0.2, 0.25) is 0 Å². The highest BCUT2D eigenvalue weighted by Crippen LogP contribution is 2.37. The Labute approximate surface area is 245 Å². The second-order valence-electron chi connectivity index (χ2n) is 11.9. The van der Waals surface area contributed by atoms with Crippen LogP contribution in [0, 0.1) is 12.8 Å². The molecular weight excluding hydrogens is 516 g/mol. The number of nitrogens with one attached hydrogen (secondary N) is 1. The van der Waals surface area contributed by atoms with Gasteiger partial charge in [-0.2, -0.15) is 11.8 Å². The van der Waals surface area contributed by atoms with E-state index in [-0.39, 0.29) is 5.91 Å². The summed E-state index contributed by atoms with van der Waals surface area (Å²) in [6.45, 7) is 5.26. The fourth-order valence-corrected chi connectivity index (χ4v) is 7.37. The Balaban J connectivity index is 1.62. The van der Waals surface area contributed by atoms with E-state index in [1.807, 2.05) is 24.5 Å². The monoisotopic (exact) mass is 564 g/mol. The summed E-state index contributed by atoms with van der Waals surface area (Å²) in [6.07, 6.45) is 15.6. The first-order valence-electron chi connectivity index (χ1n) is 15.4. The van der Waals surface area contributed by atoms with Gasteiger partial charge < -0.3 is 10.4 Å². The van der Waals surface area contributed by atoms with Crippen LogP contribution in [0.5, 0.6) is 0 Å². The third kappa shape index (κ3) is 7.91. The summed E-state index contributed by atoms with van der Waals surface area (Å²) in [5, 5.41) is 12.5. The van der Waals surface area contributed by atoms with Gasteiger partial charge in [-0.1, -0.05) is 75.8 Å². The van der Waals surface area contributed by atoms with Crippen LogP contribution in [0.2, 0.25) is 0 Å². The number of likely N-dealkylation sites (tertiary alicyclic amines) is 1. The molecule has 0 bridgehead atoms. The Morgan fingerprint density at radius 2 is 1.77 bits per heavy atom. The lowest BCUT2D eigenvalue weighted by molar-refractivity contribution is -0.139. The minimum atomic E-state index is -0.989. The molecule has 1 aliphatic carbocycles. The van der Waals surface area contributed by atoms with Crippen molar-refractivity contribution in [2.75, 3.05) is 12.0 Å². The molecule has 2 N–H and O–H groups in total. The summed E-state index contributed by atoms with van der Waals surface area (Å²) in [7, 11) is 0. The van der Waals surface area contributed by atoms with Gasteiger partial charge in [0, 0.05) is 24.2 Å².